The smallest absolute Gasteiger partial charge is 0.261 e. The van der Waals surface area contributed by atoms with E-state index in [9.17, 15) is 4.79 Å². The lowest BCUT2D eigenvalue weighted by molar-refractivity contribution is 0.0943. The van der Waals surface area contributed by atoms with E-state index in [1.54, 1.807) is 11.3 Å². The number of alkyl halides is 1. The number of nitrogens with one attached hydrogen (secondary N) is 1. The molecule has 17 heavy (non-hydrogen) atoms. The molecule has 0 bridgehead atoms. The lowest BCUT2D eigenvalue weighted by atomic mass is 10.2. The molecule has 2 atom stereocenters. The first-order valence-corrected chi connectivity index (χ1v) is 7.61. The number of fused-ring (bicyclic) bond motifs is 1. The van der Waals surface area contributed by atoms with Crippen LogP contribution in [0.25, 0.3) is 9.40 Å². The van der Waals surface area contributed by atoms with Crippen molar-refractivity contribution in [1.29, 1.82) is 0 Å². The van der Waals surface area contributed by atoms with Gasteiger partial charge in [0.2, 0.25) is 0 Å². The molecule has 92 valence electrons. The topological polar surface area (TPSA) is 29.1 Å². The quantitative estimate of drug-likeness (QED) is 0.843. The van der Waals surface area contributed by atoms with Crippen LogP contribution in [0.15, 0.2) is 17.5 Å². The van der Waals surface area contributed by atoms with Crippen LogP contribution in [-0.4, -0.2) is 17.3 Å². The van der Waals surface area contributed by atoms with Gasteiger partial charge in [0.05, 0.1) is 4.88 Å². The van der Waals surface area contributed by atoms with Crippen molar-refractivity contribution in [3.63, 3.8) is 0 Å². The van der Waals surface area contributed by atoms with Gasteiger partial charge in [0.25, 0.3) is 5.91 Å². The third kappa shape index (κ3) is 3.21. The van der Waals surface area contributed by atoms with Gasteiger partial charge in [-0.1, -0.05) is 0 Å². The Morgan fingerprint density at radius 2 is 2.24 bits per heavy atom. The molecule has 0 aliphatic heterocycles. The van der Waals surface area contributed by atoms with Gasteiger partial charge < -0.3 is 5.32 Å². The summed E-state index contributed by atoms with van der Waals surface area (Å²) in [5.74, 6) is 0.00298. The lowest BCUT2D eigenvalue weighted by Crippen LogP contribution is -2.33. The van der Waals surface area contributed by atoms with Gasteiger partial charge in [0.1, 0.15) is 0 Å². The van der Waals surface area contributed by atoms with Crippen molar-refractivity contribution >= 4 is 49.6 Å². The number of rotatable bonds is 4. The summed E-state index contributed by atoms with van der Waals surface area (Å²) in [6.45, 7) is 3.91. The Balaban J connectivity index is 2.02. The van der Waals surface area contributed by atoms with Crippen LogP contribution in [0, 0.1) is 0 Å². The van der Waals surface area contributed by atoms with E-state index in [2.05, 4.69) is 5.32 Å². The van der Waals surface area contributed by atoms with Crippen molar-refractivity contribution < 1.29 is 4.79 Å². The molecule has 5 heteroatoms. The maximum absolute atomic E-state index is 12.0. The number of hydrogen-bond donors (Lipinski definition) is 1. The summed E-state index contributed by atoms with van der Waals surface area (Å²) in [5, 5.41) is 5.09. The fourth-order valence-corrected chi connectivity index (χ4v) is 4.00. The molecule has 2 heterocycles. The van der Waals surface area contributed by atoms with Gasteiger partial charge in [-0.05, 0) is 37.8 Å². The monoisotopic (exact) mass is 287 g/mol. The molecule has 1 amide bonds. The van der Waals surface area contributed by atoms with E-state index in [0.717, 1.165) is 11.3 Å². The minimum absolute atomic E-state index is 0.00298. The van der Waals surface area contributed by atoms with Gasteiger partial charge in [-0.3, -0.25) is 4.79 Å². The Bertz CT molecular complexity index is 489. The van der Waals surface area contributed by atoms with Crippen molar-refractivity contribution in [3.8, 4) is 0 Å². The van der Waals surface area contributed by atoms with E-state index < -0.39 is 0 Å². The minimum atomic E-state index is 0.00298. The summed E-state index contributed by atoms with van der Waals surface area (Å²) < 4.78 is 2.36. The average molecular weight is 288 g/mol. The second-order valence-electron chi connectivity index (χ2n) is 4.15. The first kappa shape index (κ1) is 12.9. The van der Waals surface area contributed by atoms with E-state index in [1.165, 1.54) is 20.7 Å². The number of halogens is 1. The van der Waals surface area contributed by atoms with Crippen molar-refractivity contribution in [2.75, 3.05) is 0 Å². The van der Waals surface area contributed by atoms with Crippen LogP contribution < -0.4 is 5.32 Å². The first-order valence-electron chi connectivity index (χ1n) is 5.48. The van der Waals surface area contributed by atoms with Gasteiger partial charge in [-0.2, -0.15) is 0 Å². The van der Waals surface area contributed by atoms with Crippen LogP contribution in [0.2, 0.25) is 0 Å². The molecule has 2 unspecified atom stereocenters. The fourth-order valence-electron chi connectivity index (χ4n) is 1.72. The maximum atomic E-state index is 12.0. The van der Waals surface area contributed by atoms with Crippen LogP contribution >= 0.6 is 34.3 Å². The Morgan fingerprint density at radius 1 is 1.47 bits per heavy atom. The molecule has 0 saturated heterocycles. The minimum Gasteiger partial charge on any atom is -0.349 e. The SMILES string of the molecule is CC(Cl)CC(C)NC(=O)c1cc2sccc2s1. The summed E-state index contributed by atoms with van der Waals surface area (Å²) in [6, 6.07) is 4.11. The Labute approximate surface area is 114 Å². The molecule has 2 nitrogen and oxygen atoms in total. The predicted molar refractivity (Wildman–Crippen MR) is 76.6 cm³/mol. The van der Waals surface area contributed by atoms with Crippen LogP contribution in [-0.2, 0) is 0 Å². The van der Waals surface area contributed by atoms with Crippen LogP contribution in [0.5, 0.6) is 0 Å². The molecule has 0 aromatic carbocycles. The normalized spacial score (nSPS) is 14.8. The second kappa shape index (κ2) is 5.38. The van der Waals surface area contributed by atoms with Crippen molar-refractivity contribution in [2.24, 2.45) is 0 Å². The highest BCUT2D eigenvalue weighted by Gasteiger charge is 2.14. The zero-order valence-electron chi connectivity index (χ0n) is 9.70. The summed E-state index contributed by atoms with van der Waals surface area (Å²) >= 11 is 9.10. The molecule has 0 aliphatic carbocycles. The summed E-state index contributed by atoms with van der Waals surface area (Å²) in [7, 11) is 0. The molecule has 0 saturated carbocycles. The number of carbonyl (C=O) groups is 1. The zero-order valence-corrected chi connectivity index (χ0v) is 12.1. The van der Waals surface area contributed by atoms with E-state index in [4.69, 9.17) is 11.6 Å². The molecular weight excluding hydrogens is 274 g/mol. The molecule has 0 spiro atoms. The van der Waals surface area contributed by atoms with E-state index in [0.29, 0.717) is 0 Å². The molecule has 0 aliphatic rings. The summed E-state index contributed by atoms with van der Waals surface area (Å²) in [4.78, 5) is 12.7. The number of hydrogen-bond acceptors (Lipinski definition) is 3. The van der Waals surface area contributed by atoms with Crippen molar-refractivity contribution in [1.82, 2.24) is 5.32 Å². The highest BCUT2D eigenvalue weighted by atomic mass is 35.5. The second-order valence-corrected chi connectivity index (χ2v) is 6.93. The maximum Gasteiger partial charge on any atom is 0.261 e. The van der Waals surface area contributed by atoms with Crippen molar-refractivity contribution in [3.05, 3.63) is 22.4 Å². The molecule has 0 fully saturated rings. The summed E-state index contributed by atoms with van der Waals surface area (Å²) in [6.07, 6.45) is 0.785. The molecule has 2 rings (SSSR count). The Kier molecular flexibility index (Phi) is 4.07. The van der Waals surface area contributed by atoms with E-state index >= 15 is 0 Å². The van der Waals surface area contributed by atoms with Gasteiger partial charge >= 0.3 is 0 Å². The molecule has 2 aromatic rings. The van der Waals surface area contributed by atoms with Gasteiger partial charge in [-0.15, -0.1) is 34.3 Å². The molecular formula is C12H14ClNOS2. The number of thiophene rings is 2. The lowest BCUT2D eigenvalue weighted by Gasteiger charge is -2.14. The number of amides is 1. The zero-order chi connectivity index (χ0) is 12.4. The highest BCUT2D eigenvalue weighted by molar-refractivity contribution is 7.27. The molecule has 1 N–H and O–H groups in total. The summed E-state index contributed by atoms with van der Waals surface area (Å²) in [5.41, 5.74) is 0. The third-order valence-corrected chi connectivity index (χ3v) is 4.69. The van der Waals surface area contributed by atoms with E-state index in [1.807, 2.05) is 31.4 Å². The largest absolute Gasteiger partial charge is 0.349 e. The average Bonchev–Trinajstić information content (AvgIpc) is 2.73. The third-order valence-electron chi connectivity index (χ3n) is 2.42. The first-order chi connectivity index (χ1) is 8.06. The van der Waals surface area contributed by atoms with Gasteiger partial charge in [0, 0.05) is 20.8 Å². The predicted octanol–water partition coefficient (Wildman–Crippen LogP) is 4.10. The molecule has 2 aromatic heterocycles. The van der Waals surface area contributed by atoms with E-state index in [-0.39, 0.29) is 17.3 Å². The van der Waals surface area contributed by atoms with Gasteiger partial charge in [-0.25, -0.2) is 0 Å². The van der Waals surface area contributed by atoms with Crippen LogP contribution in [0.4, 0.5) is 0 Å². The van der Waals surface area contributed by atoms with Crippen LogP contribution in [0.3, 0.4) is 0 Å². The standard InChI is InChI=1S/C12H14ClNOS2/c1-7(13)5-8(2)14-12(15)11-6-10-9(17-11)3-4-16-10/h3-4,6-8H,5H2,1-2H3,(H,14,15). The molecule has 0 radical (unpaired) electrons. The van der Waals surface area contributed by atoms with Crippen molar-refractivity contribution in [2.45, 2.75) is 31.7 Å². The highest BCUT2D eigenvalue weighted by Crippen LogP contribution is 2.29. The Hall–Kier alpha value is -0.580. The van der Waals surface area contributed by atoms with Crippen LogP contribution in [0.1, 0.15) is 29.9 Å². The van der Waals surface area contributed by atoms with Gasteiger partial charge in [0.15, 0.2) is 0 Å². The number of carbonyl (C=O) groups excluding carboxylic acids is 1. The Morgan fingerprint density at radius 3 is 2.88 bits per heavy atom. The fraction of sp³-hybridized carbons (Fsp3) is 0.417.